The molecule has 6 heteroatoms. The summed E-state index contributed by atoms with van der Waals surface area (Å²) >= 11 is 0. The molecule has 1 amide bonds. The van der Waals surface area contributed by atoms with Crippen LogP contribution in [0, 0.1) is 11.8 Å². The van der Waals surface area contributed by atoms with Crippen LogP contribution in [-0.2, 0) is 9.59 Å². The third-order valence-electron chi connectivity index (χ3n) is 4.38. The topological polar surface area (TPSA) is 104 Å². The SMILES string of the molecule is NCC1CCC(C(=O)N2CC(O)C[C@H]2C(=O)O)CC1. The molecule has 0 aromatic heterocycles. The Morgan fingerprint density at radius 3 is 2.37 bits per heavy atom. The summed E-state index contributed by atoms with van der Waals surface area (Å²) in [6.07, 6.45) is 2.84. The molecule has 0 radical (unpaired) electrons. The van der Waals surface area contributed by atoms with E-state index in [1.165, 1.54) is 4.90 Å². The van der Waals surface area contributed by atoms with Crippen LogP contribution in [0.2, 0.25) is 0 Å². The largest absolute Gasteiger partial charge is 0.480 e. The van der Waals surface area contributed by atoms with E-state index in [0.29, 0.717) is 12.5 Å². The quantitative estimate of drug-likeness (QED) is 0.658. The highest BCUT2D eigenvalue weighted by atomic mass is 16.4. The van der Waals surface area contributed by atoms with E-state index in [0.717, 1.165) is 25.7 Å². The summed E-state index contributed by atoms with van der Waals surface area (Å²) < 4.78 is 0. The number of nitrogens with two attached hydrogens (primary N) is 1. The fourth-order valence-corrected chi connectivity index (χ4v) is 3.17. The Kier molecular flexibility index (Phi) is 4.42. The van der Waals surface area contributed by atoms with Crippen molar-refractivity contribution < 1.29 is 19.8 Å². The lowest BCUT2D eigenvalue weighted by Gasteiger charge is -2.31. The van der Waals surface area contributed by atoms with Crippen molar-refractivity contribution in [2.45, 2.75) is 44.2 Å². The molecule has 4 N–H and O–H groups in total. The van der Waals surface area contributed by atoms with Crippen molar-refractivity contribution in [2.24, 2.45) is 17.6 Å². The molecule has 0 aromatic carbocycles. The van der Waals surface area contributed by atoms with Crippen molar-refractivity contribution in [2.75, 3.05) is 13.1 Å². The monoisotopic (exact) mass is 270 g/mol. The standard InChI is InChI=1S/C13H22N2O4/c14-6-8-1-3-9(4-2-8)12(17)15-7-10(16)5-11(15)13(18)19/h8-11,16H,1-7,14H2,(H,18,19)/t8?,9?,10?,11-/m0/s1. The Labute approximate surface area is 112 Å². The lowest BCUT2D eigenvalue weighted by atomic mass is 9.81. The number of nitrogens with zero attached hydrogens (tertiary/aromatic N) is 1. The predicted octanol–water partition coefficient (Wildman–Crippen LogP) is -0.202. The molecule has 1 saturated heterocycles. The van der Waals surface area contributed by atoms with Crippen molar-refractivity contribution in [1.29, 1.82) is 0 Å². The van der Waals surface area contributed by atoms with Gasteiger partial charge in [0.15, 0.2) is 0 Å². The molecule has 2 rings (SSSR count). The smallest absolute Gasteiger partial charge is 0.326 e. The highest BCUT2D eigenvalue weighted by Crippen LogP contribution is 2.31. The molecule has 0 bridgehead atoms. The normalized spacial score (nSPS) is 35.4. The van der Waals surface area contributed by atoms with E-state index in [2.05, 4.69) is 0 Å². The summed E-state index contributed by atoms with van der Waals surface area (Å²) in [6.45, 7) is 0.799. The number of rotatable bonds is 3. The number of carboxylic acid groups (broad SMARTS) is 1. The summed E-state index contributed by atoms with van der Waals surface area (Å²) in [6, 6.07) is -0.866. The third-order valence-corrected chi connectivity index (χ3v) is 4.38. The minimum absolute atomic E-state index is 0.102. The van der Waals surface area contributed by atoms with Crippen LogP contribution < -0.4 is 5.73 Å². The van der Waals surface area contributed by atoms with E-state index in [4.69, 9.17) is 10.8 Å². The number of carbonyl (C=O) groups is 2. The molecule has 1 aliphatic heterocycles. The summed E-state index contributed by atoms with van der Waals surface area (Å²) in [5.41, 5.74) is 5.62. The zero-order valence-corrected chi connectivity index (χ0v) is 11.0. The van der Waals surface area contributed by atoms with Crippen LogP contribution in [0.4, 0.5) is 0 Å². The van der Waals surface area contributed by atoms with Gasteiger partial charge in [-0.3, -0.25) is 4.79 Å². The number of aliphatic hydroxyl groups is 1. The van der Waals surface area contributed by atoms with E-state index in [1.807, 2.05) is 0 Å². The first kappa shape index (κ1) is 14.3. The van der Waals surface area contributed by atoms with Crippen molar-refractivity contribution in [3.8, 4) is 0 Å². The lowest BCUT2D eigenvalue weighted by Crippen LogP contribution is -2.44. The van der Waals surface area contributed by atoms with Crippen molar-refractivity contribution in [3.63, 3.8) is 0 Å². The van der Waals surface area contributed by atoms with E-state index in [1.54, 1.807) is 0 Å². The second-order valence-electron chi connectivity index (χ2n) is 5.69. The van der Waals surface area contributed by atoms with Crippen molar-refractivity contribution in [3.05, 3.63) is 0 Å². The average molecular weight is 270 g/mol. The summed E-state index contributed by atoms with van der Waals surface area (Å²) in [5.74, 6) is -0.751. The number of carbonyl (C=O) groups excluding carboxylic acids is 1. The summed E-state index contributed by atoms with van der Waals surface area (Å²) in [7, 11) is 0. The molecule has 1 unspecified atom stereocenters. The second kappa shape index (κ2) is 5.88. The minimum atomic E-state index is -1.03. The first-order chi connectivity index (χ1) is 9.02. The molecule has 1 saturated carbocycles. The second-order valence-corrected chi connectivity index (χ2v) is 5.69. The molecule has 108 valence electrons. The number of hydrogen-bond acceptors (Lipinski definition) is 4. The maximum Gasteiger partial charge on any atom is 0.326 e. The average Bonchev–Trinajstić information content (AvgIpc) is 2.80. The Bertz CT molecular complexity index is 353. The molecular weight excluding hydrogens is 248 g/mol. The molecule has 1 heterocycles. The third kappa shape index (κ3) is 3.06. The fourth-order valence-electron chi connectivity index (χ4n) is 3.17. The Morgan fingerprint density at radius 1 is 1.21 bits per heavy atom. The Hall–Kier alpha value is -1.14. The molecule has 2 fully saturated rings. The molecule has 1 aliphatic carbocycles. The van der Waals surface area contributed by atoms with E-state index >= 15 is 0 Å². The highest BCUT2D eigenvalue weighted by Gasteiger charge is 2.41. The number of aliphatic hydroxyl groups excluding tert-OH is 1. The fraction of sp³-hybridized carbons (Fsp3) is 0.846. The zero-order chi connectivity index (χ0) is 14.0. The maximum atomic E-state index is 12.4. The van der Waals surface area contributed by atoms with Gasteiger partial charge in [-0.1, -0.05) is 0 Å². The van der Waals surface area contributed by atoms with Gasteiger partial charge in [0.1, 0.15) is 6.04 Å². The van der Waals surface area contributed by atoms with Crippen molar-refractivity contribution in [1.82, 2.24) is 4.90 Å². The molecule has 0 aromatic rings. The van der Waals surface area contributed by atoms with Gasteiger partial charge in [0, 0.05) is 18.9 Å². The number of aliphatic carboxylic acids is 1. The van der Waals surface area contributed by atoms with Crippen LogP contribution in [0.5, 0.6) is 0 Å². The number of β-amino-alcohol motifs (C(OH)–C–C–N with tert-alkyl or cyclic N) is 1. The number of likely N-dealkylation sites (tertiary alicyclic amines) is 1. The number of carboxylic acids is 1. The molecule has 19 heavy (non-hydrogen) atoms. The van der Waals surface area contributed by atoms with Gasteiger partial charge in [0.25, 0.3) is 0 Å². The van der Waals surface area contributed by atoms with E-state index < -0.39 is 18.1 Å². The van der Waals surface area contributed by atoms with Gasteiger partial charge < -0.3 is 20.8 Å². The molecule has 6 nitrogen and oxygen atoms in total. The molecule has 2 aliphatic rings. The van der Waals surface area contributed by atoms with Gasteiger partial charge in [-0.2, -0.15) is 0 Å². The van der Waals surface area contributed by atoms with Gasteiger partial charge >= 0.3 is 5.97 Å². The summed E-state index contributed by atoms with van der Waals surface area (Å²) in [5, 5.41) is 18.7. The Balaban J connectivity index is 1.97. The zero-order valence-electron chi connectivity index (χ0n) is 11.0. The predicted molar refractivity (Wildman–Crippen MR) is 68.3 cm³/mol. The van der Waals surface area contributed by atoms with E-state index in [9.17, 15) is 14.7 Å². The van der Waals surface area contributed by atoms with Crippen LogP contribution >= 0.6 is 0 Å². The van der Waals surface area contributed by atoms with Crippen LogP contribution in [0.15, 0.2) is 0 Å². The number of amides is 1. The molecular formula is C13H22N2O4. The Morgan fingerprint density at radius 2 is 1.84 bits per heavy atom. The van der Waals surface area contributed by atoms with Gasteiger partial charge in [-0.15, -0.1) is 0 Å². The van der Waals surface area contributed by atoms with E-state index in [-0.39, 0.29) is 24.8 Å². The molecule has 0 spiro atoms. The maximum absolute atomic E-state index is 12.4. The number of hydrogen-bond donors (Lipinski definition) is 3. The van der Waals surface area contributed by atoms with Crippen LogP contribution in [0.3, 0.4) is 0 Å². The van der Waals surface area contributed by atoms with Gasteiger partial charge in [-0.25, -0.2) is 4.79 Å². The van der Waals surface area contributed by atoms with Crippen molar-refractivity contribution >= 4 is 11.9 Å². The first-order valence-corrected chi connectivity index (χ1v) is 6.94. The lowest BCUT2D eigenvalue weighted by molar-refractivity contribution is -0.150. The highest BCUT2D eigenvalue weighted by molar-refractivity contribution is 5.85. The molecule has 2 atom stereocenters. The van der Waals surface area contributed by atoms with Gasteiger partial charge in [0.2, 0.25) is 5.91 Å². The first-order valence-electron chi connectivity index (χ1n) is 6.94. The van der Waals surface area contributed by atoms with Crippen LogP contribution in [0.25, 0.3) is 0 Å². The van der Waals surface area contributed by atoms with Crippen LogP contribution in [-0.4, -0.2) is 52.2 Å². The van der Waals surface area contributed by atoms with Gasteiger partial charge in [0.05, 0.1) is 6.10 Å². The van der Waals surface area contributed by atoms with Gasteiger partial charge in [-0.05, 0) is 38.1 Å². The summed E-state index contributed by atoms with van der Waals surface area (Å²) in [4.78, 5) is 24.8. The minimum Gasteiger partial charge on any atom is -0.480 e. The van der Waals surface area contributed by atoms with Crippen LogP contribution in [0.1, 0.15) is 32.1 Å².